The fourth-order valence-corrected chi connectivity index (χ4v) is 2.01. The molecule has 0 radical (unpaired) electrons. The zero-order chi connectivity index (χ0) is 14.7. The molecule has 0 heterocycles. The minimum absolute atomic E-state index is 0.0144. The summed E-state index contributed by atoms with van der Waals surface area (Å²) >= 11 is 9.23. The molecule has 2 aromatic carbocycles. The van der Waals surface area contributed by atoms with E-state index in [-0.39, 0.29) is 22.7 Å². The molecule has 0 aliphatic carbocycles. The molecule has 7 heteroatoms. The lowest BCUT2D eigenvalue weighted by molar-refractivity contribution is -0.385. The number of benzene rings is 2. The van der Waals surface area contributed by atoms with E-state index in [1.54, 1.807) is 18.2 Å². The maximum absolute atomic E-state index is 11.0. The van der Waals surface area contributed by atoms with E-state index >= 15 is 0 Å². The Morgan fingerprint density at radius 1 is 1.20 bits per heavy atom. The van der Waals surface area contributed by atoms with Gasteiger partial charge in [-0.2, -0.15) is 0 Å². The molecule has 2 rings (SSSR count). The lowest BCUT2D eigenvalue weighted by Gasteiger charge is -2.08. The van der Waals surface area contributed by atoms with Crippen molar-refractivity contribution in [2.45, 2.75) is 0 Å². The molecule has 0 fully saturated rings. The van der Waals surface area contributed by atoms with Crippen LogP contribution in [0.3, 0.4) is 0 Å². The summed E-state index contributed by atoms with van der Waals surface area (Å²) in [5, 5.41) is 11.3. The molecule has 0 aromatic heterocycles. The van der Waals surface area contributed by atoms with Gasteiger partial charge in [-0.15, -0.1) is 0 Å². The van der Waals surface area contributed by atoms with Gasteiger partial charge in [-0.3, -0.25) is 14.9 Å². The van der Waals surface area contributed by atoms with Crippen molar-refractivity contribution in [3.8, 4) is 11.5 Å². The van der Waals surface area contributed by atoms with Crippen LogP contribution in [0.1, 0.15) is 10.4 Å². The summed E-state index contributed by atoms with van der Waals surface area (Å²) in [6.45, 7) is 0. The summed E-state index contributed by atoms with van der Waals surface area (Å²) in [5.41, 5.74) is -0.102. The van der Waals surface area contributed by atoms with Gasteiger partial charge in [0.2, 0.25) is 5.75 Å². The third kappa shape index (κ3) is 3.15. The normalized spacial score (nSPS) is 10.1. The number of carbonyl (C=O) groups excluding carboxylic acids is 1. The highest BCUT2D eigenvalue weighted by Gasteiger charge is 2.17. The Balaban J connectivity index is 2.45. The fraction of sp³-hybridized carbons (Fsp3) is 0. The van der Waals surface area contributed by atoms with Gasteiger partial charge in [0.15, 0.2) is 0 Å². The molecule has 0 N–H and O–H groups in total. The predicted octanol–water partition coefficient (Wildman–Crippen LogP) is 4.62. The van der Waals surface area contributed by atoms with Crippen LogP contribution in [0.5, 0.6) is 11.5 Å². The molecule has 0 amide bonds. The fourth-order valence-electron chi connectivity index (χ4n) is 1.51. The second-order valence-electron chi connectivity index (χ2n) is 3.78. The maximum atomic E-state index is 11.0. The highest BCUT2D eigenvalue weighted by molar-refractivity contribution is 9.10. The van der Waals surface area contributed by atoms with Gasteiger partial charge < -0.3 is 4.74 Å². The van der Waals surface area contributed by atoms with Crippen LogP contribution in [0.25, 0.3) is 0 Å². The summed E-state index contributed by atoms with van der Waals surface area (Å²) in [5.74, 6) is 0.295. The quantitative estimate of drug-likeness (QED) is 0.455. The summed E-state index contributed by atoms with van der Waals surface area (Å²) in [4.78, 5) is 21.0. The Bertz CT molecular complexity index is 690. The van der Waals surface area contributed by atoms with Crippen LogP contribution < -0.4 is 4.74 Å². The summed E-state index contributed by atoms with van der Waals surface area (Å²) in [6.07, 6.45) is 0.531. The van der Waals surface area contributed by atoms with Gasteiger partial charge in [-0.05, 0) is 30.3 Å². The Labute approximate surface area is 127 Å². The minimum Gasteiger partial charge on any atom is -0.449 e. The standard InChI is InChI=1S/C13H7BrClNO4/c14-9-2-3-10(15)13(6-9)20-12-4-1-8(7-17)5-11(12)16(18)19/h1-7H. The van der Waals surface area contributed by atoms with E-state index in [1.807, 2.05) is 0 Å². The first kappa shape index (κ1) is 14.5. The lowest BCUT2D eigenvalue weighted by Crippen LogP contribution is -1.95. The second-order valence-corrected chi connectivity index (χ2v) is 5.10. The number of ether oxygens (including phenoxy) is 1. The number of aldehydes is 1. The third-order valence-electron chi connectivity index (χ3n) is 2.43. The van der Waals surface area contributed by atoms with E-state index in [9.17, 15) is 14.9 Å². The molecule has 0 aliphatic heterocycles. The van der Waals surface area contributed by atoms with E-state index in [4.69, 9.17) is 16.3 Å². The highest BCUT2D eigenvalue weighted by Crippen LogP contribution is 2.36. The molecule has 2 aromatic rings. The van der Waals surface area contributed by atoms with Crippen molar-refractivity contribution in [3.05, 3.63) is 61.6 Å². The molecule has 0 unspecified atom stereocenters. The average molecular weight is 357 g/mol. The lowest BCUT2D eigenvalue weighted by atomic mass is 10.2. The first-order valence-corrected chi connectivity index (χ1v) is 6.55. The van der Waals surface area contributed by atoms with E-state index in [0.29, 0.717) is 11.3 Å². The number of halogens is 2. The Morgan fingerprint density at radius 2 is 1.95 bits per heavy atom. The first-order chi connectivity index (χ1) is 9.51. The van der Waals surface area contributed by atoms with Gasteiger partial charge in [0.1, 0.15) is 12.0 Å². The zero-order valence-electron chi connectivity index (χ0n) is 9.88. The molecule has 5 nitrogen and oxygen atoms in total. The largest absolute Gasteiger partial charge is 0.449 e. The molecule has 0 spiro atoms. The molecule has 102 valence electrons. The van der Waals surface area contributed by atoms with Crippen LogP contribution in [-0.4, -0.2) is 11.2 Å². The summed E-state index contributed by atoms with van der Waals surface area (Å²) in [7, 11) is 0. The Hall–Kier alpha value is -1.92. The molecule has 20 heavy (non-hydrogen) atoms. The molecule has 0 saturated heterocycles. The number of nitro groups is 1. The zero-order valence-corrected chi connectivity index (χ0v) is 12.2. The van der Waals surface area contributed by atoms with Crippen LogP contribution in [0.4, 0.5) is 5.69 Å². The molecule has 0 atom stereocenters. The topological polar surface area (TPSA) is 69.4 Å². The predicted molar refractivity (Wildman–Crippen MR) is 77.7 cm³/mol. The van der Waals surface area contributed by atoms with Gasteiger partial charge in [-0.1, -0.05) is 27.5 Å². The Kier molecular flexibility index (Phi) is 4.36. The average Bonchev–Trinajstić information content (AvgIpc) is 2.43. The second kappa shape index (κ2) is 6.02. The van der Waals surface area contributed by atoms with Gasteiger partial charge >= 0.3 is 5.69 Å². The first-order valence-electron chi connectivity index (χ1n) is 5.38. The van der Waals surface area contributed by atoms with Crippen LogP contribution in [0, 0.1) is 10.1 Å². The molecular formula is C13H7BrClNO4. The van der Waals surface area contributed by atoms with Crippen molar-refractivity contribution >= 4 is 39.5 Å². The number of hydrogen-bond acceptors (Lipinski definition) is 4. The third-order valence-corrected chi connectivity index (χ3v) is 3.23. The molecule has 0 saturated carbocycles. The number of rotatable bonds is 4. The molecular weight excluding hydrogens is 350 g/mol. The van der Waals surface area contributed by atoms with Crippen LogP contribution in [-0.2, 0) is 0 Å². The van der Waals surface area contributed by atoms with E-state index < -0.39 is 4.92 Å². The van der Waals surface area contributed by atoms with Crippen LogP contribution in [0.15, 0.2) is 40.9 Å². The van der Waals surface area contributed by atoms with E-state index in [1.165, 1.54) is 12.1 Å². The monoisotopic (exact) mass is 355 g/mol. The molecule has 0 bridgehead atoms. The van der Waals surface area contributed by atoms with Gasteiger partial charge in [0, 0.05) is 16.1 Å². The maximum Gasteiger partial charge on any atom is 0.312 e. The van der Waals surface area contributed by atoms with Crippen LogP contribution in [0.2, 0.25) is 5.02 Å². The van der Waals surface area contributed by atoms with Crippen molar-refractivity contribution in [2.75, 3.05) is 0 Å². The van der Waals surface area contributed by atoms with Crippen molar-refractivity contribution in [3.63, 3.8) is 0 Å². The van der Waals surface area contributed by atoms with Crippen molar-refractivity contribution in [1.29, 1.82) is 0 Å². The number of nitrogens with zero attached hydrogens (tertiary/aromatic N) is 1. The minimum atomic E-state index is -0.617. The smallest absolute Gasteiger partial charge is 0.312 e. The number of nitro benzene ring substituents is 1. The number of carbonyl (C=O) groups is 1. The summed E-state index contributed by atoms with van der Waals surface area (Å²) < 4.78 is 6.19. The number of hydrogen-bond donors (Lipinski definition) is 0. The van der Waals surface area contributed by atoms with Crippen molar-refractivity contribution < 1.29 is 14.5 Å². The van der Waals surface area contributed by atoms with Gasteiger partial charge in [0.25, 0.3) is 0 Å². The van der Waals surface area contributed by atoms with Gasteiger partial charge in [-0.25, -0.2) is 0 Å². The van der Waals surface area contributed by atoms with E-state index in [0.717, 1.165) is 10.5 Å². The van der Waals surface area contributed by atoms with E-state index in [2.05, 4.69) is 15.9 Å². The van der Waals surface area contributed by atoms with Gasteiger partial charge in [0.05, 0.1) is 9.95 Å². The van der Waals surface area contributed by atoms with Crippen molar-refractivity contribution in [2.24, 2.45) is 0 Å². The summed E-state index contributed by atoms with van der Waals surface area (Å²) in [6, 6.07) is 8.86. The highest BCUT2D eigenvalue weighted by atomic mass is 79.9. The Morgan fingerprint density at radius 3 is 2.60 bits per heavy atom. The van der Waals surface area contributed by atoms with Crippen LogP contribution >= 0.6 is 27.5 Å². The van der Waals surface area contributed by atoms with Crippen molar-refractivity contribution in [1.82, 2.24) is 0 Å². The molecule has 0 aliphatic rings. The SMILES string of the molecule is O=Cc1ccc(Oc2cc(Br)ccc2Cl)c([N+](=O)[O-])c1.